The molecule has 0 spiro atoms. The van der Waals surface area contributed by atoms with Crippen LogP contribution < -0.4 is 5.32 Å². The third kappa shape index (κ3) is 3.60. The number of rotatable bonds is 4. The van der Waals surface area contributed by atoms with Crippen LogP contribution in [-0.4, -0.2) is 25.6 Å². The number of nitrogens with one attached hydrogen (secondary N) is 1. The summed E-state index contributed by atoms with van der Waals surface area (Å²) in [4.78, 5) is 16.3. The van der Waals surface area contributed by atoms with E-state index in [0.29, 0.717) is 15.4 Å². The fraction of sp³-hybridized carbons (Fsp3) is 0.125. The summed E-state index contributed by atoms with van der Waals surface area (Å²) >= 11 is 1.19. The number of hydrogen-bond donors (Lipinski definition) is 1. The smallest absolute Gasteiger partial charge is 0.230 e. The molecule has 124 valence electrons. The summed E-state index contributed by atoms with van der Waals surface area (Å²) in [6.07, 6.45) is 1.20. The van der Waals surface area contributed by atoms with Crippen molar-refractivity contribution < 1.29 is 17.6 Å². The Balaban J connectivity index is 1.71. The first kappa shape index (κ1) is 16.5. The number of nitrogens with zero attached hydrogens (tertiary/aromatic N) is 1. The predicted octanol–water partition coefficient (Wildman–Crippen LogP) is 3.02. The molecule has 0 radical (unpaired) electrons. The van der Waals surface area contributed by atoms with Crippen LogP contribution in [0, 0.1) is 5.82 Å². The second-order valence-electron chi connectivity index (χ2n) is 5.25. The van der Waals surface area contributed by atoms with Gasteiger partial charge in [0, 0.05) is 6.26 Å². The molecule has 0 saturated carbocycles. The summed E-state index contributed by atoms with van der Waals surface area (Å²) in [5, 5.41) is 2.96. The molecule has 24 heavy (non-hydrogen) atoms. The van der Waals surface area contributed by atoms with Crippen LogP contribution in [-0.2, 0) is 21.1 Å². The Labute approximate surface area is 142 Å². The van der Waals surface area contributed by atoms with Gasteiger partial charge in [0.2, 0.25) is 5.91 Å². The molecule has 0 saturated heterocycles. The van der Waals surface area contributed by atoms with Crippen LogP contribution in [0.3, 0.4) is 0 Å². The number of halogens is 1. The van der Waals surface area contributed by atoms with Gasteiger partial charge >= 0.3 is 0 Å². The van der Waals surface area contributed by atoms with E-state index < -0.39 is 15.7 Å². The Hall–Kier alpha value is -2.32. The van der Waals surface area contributed by atoms with Crippen LogP contribution in [0.4, 0.5) is 9.52 Å². The minimum Gasteiger partial charge on any atom is -0.302 e. The van der Waals surface area contributed by atoms with Gasteiger partial charge < -0.3 is 5.32 Å². The number of para-hydroxylation sites is 1. The van der Waals surface area contributed by atoms with Gasteiger partial charge in [-0.15, -0.1) is 0 Å². The van der Waals surface area contributed by atoms with Crippen LogP contribution in [0.5, 0.6) is 0 Å². The number of carbonyl (C=O) groups is 1. The average molecular weight is 364 g/mol. The monoisotopic (exact) mass is 364 g/mol. The number of hydrogen-bond acceptors (Lipinski definition) is 5. The van der Waals surface area contributed by atoms with Crippen molar-refractivity contribution >= 4 is 42.4 Å². The number of aromatic nitrogens is 1. The van der Waals surface area contributed by atoms with Gasteiger partial charge in [0.15, 0.2) is 15.0 Å². The number of carbonyl (C=O) groups excluding carboxylic acids is 1. The predicted molar refractivity (Wildman–Crippen MR) is 91.5 cm³/mol. The van der Waals surface area contributed by atoms with Crippen LogP contribution in [0.25, 0.3) is 10.2 Å². The second-order valence-corrected chi connectivity index (χ2v) is 8.29. The molecule has 3 aromatic rings. The standard InChI is InChI=1S/C16H13FN2O3S2/c1-24(21,22)11-7-5-10(6-8-11)9-14(20)18-16-19-15-12(17)3-2-4-13(15)23-16/h2-8H,9H2,1H3,(H,18,19,20). The van der Waals surface area contributed by atoms with Crippen LogP contribution in [0.2, 0.25) is 0 Å². The van der Waals surface area contributed by atoms with E-state index in [1.807, 2.05) is 0 Å². The summed E-state index contributed by atoms with van der Waals surface area (Å²) in [6, 6.07) is 10.7. The Kier molecular flexibility index (Phi) is 4.33. The molecular weight excluding hydrogens is 351 g/mol. The van der Waals surface area contributed by atoms with E-state index >= 15 is 0 Å². The highest BCUT2D eigenvalue weighted by molar-refractivity contribution is 7.90. The van der Waals surface area contributed by atoms with E-state index in [2.05, 4.69) is 10.3 Å². The molecule has 0 aliphatic heterocycles. The van der Waals surface area contributed by atoms with Gasteiger partial charge in [-0.05, 0) is 29.8 Å². The number of sulfone groups is 1. The summed E-state index contributed by atoms with van der Waals surface area (Å²) in [5.74, 6) is -0.734. The maximum atomic E-state index is 13.6. The van der Waals surface area contributed by atoms with E-state index in [1.165, 1.54) is 29.5 Å². The summed E-state index contributed by atoms with van der Waals surface area (Å²) < 4.78 is 37.1. The van der Waals surface area contributed by atoms with Crippen molar-refractivity contribution in [3.8, 4) is 0 Å². The molecule has 0 atom stereocenters. The summed E-state index contributed by atoms with van der Waals surface area (Å²) in [7, 11) is -3.26. The van der Waals surface area contributed by atoms with E-state index in [4.69, 9.17) is 0 Å². The summed E-state index contributed by atoms with van der Waals surface area (Å²) in [6.45, 7) is 0. The second kappa shape index (κ2) is 6.29. The zero-order chi connectivity index (χ0) is 17.3. The fourth-order valence-electron chi connectivity index (χ4n) is 2.17. The highest BCUT2D eigenvalue weighted by Crippen LogP contribution is 2.27. The number of benzene rings is 2. The van der Waals surface area contributed by atoms with Crippen molar-refractivity contribution in [3.05, 3.63) is 53.8 Å². The zero-order valence-corrected chi connectivity index (χ0v) is 14.2. The van der Waals surface area contributed by atoms with Crippen LogP contribution >= 0.6 is 11.3 Å². The quantitative estimate of drug-likeness (QED) is 0.772. The SMILES string of the molecule is CS(=O)(=O)c1ccc(CC(=O)Nc2nc3c(F)cccc3s2)cc1. The minimum absolute atomic E-state index is 0.0719. The highest BCUT2D eigenvalue weighted by atomic mass is 32.2. The van der Waals surface area contributed by atoms with Crippen molar-refractivity contribution in [1.29, 1.82) is 0 Å². The van der Waals surface area contributed by atoms with Gasteiger partial charge in [0.25, 0.3) is 0 Å². The van der Waals surface area contributed by atoms with E-state index in [1.54, 1.807) is 24.3 Å². The molecule has 0 aliphatic carbocycles. The number of anilines is 1. The Bertz CT molecular complexity index is 1010. The van der Waals surface area contributed by atoms with Crippen LogP contribution in [0.15, 0.2) is 47.4 Å². The number of fused-ring (bicyclic) bond motifs is 1. The lowest BCUT2D eigenvalue weighted by Crippen LogP contribution is -2.14. The third-order valence-electron chi connectivity index (χ3n) is 3.33. The van der Waals surface area contributed by atoms with Gasteiger partial charge in [0.1, 0.15) is 11.3 Å². The maximum absolute atomic E-state index is 13.6. The van der Waals surface area contributed by atoms with Gasteiger partial charge in [-0.3, -0.25) is 4.79 Å². The molecule has 1 N–H and O–H groups in total. The maximum Gasteiger partial charge on any atom is 0.230 e. The van der Waals surface area contributed by atoms with Crippen molar-refractivity contribution in [2.75, 3.05) is 11.6 Å². The molecule has 1 aromatic heterocycles. The zero-order valence-electron chi connectivity index (χ0n) is 12.6. The minimum atomic E-state index is -3.26. The Morgan fingerprint density at radius 3 is 2.54 bits per heavy atom. The van der Waals surface area contributed by atoms with Crippen molar-refractivity contribution in [1.82, 2.24) is 4.98 Å². The summed E-state index contributed by atoms with van der Waals surface area (Å²) in [5.41, 5.74) is 0.905. The molecule has 2 aromatic carbocycles. The Morgan fingerprint density at radius 1 is 1.21 bits per heavy atom. The number of thiazole rings is 1. The lowest BCUT2D eigenvalue weighted by molar-refractivity contribution is -0.115. The van der Waals surface area contributed by atoms with Gasteiger partial charge in [-0.2, -0.15) is 0 Å². The molecule has 1 amide bonds. The molecule has 5 nitrogen and oxygen atoms in total. The van der Waals surface area contributed by atoms with Crippen molar-refractivity contribution in [2.45, 2.75) is 11.3 Å². The molecule has 0 bridgehead atoms. The lowest BCUT2D eigenvalue weighted by atomic mass is 10.1. The number of amides is 1. The van der Waals surface area contributed by atoms with Gasteiger partial charge in [0.05, 0.1) is 16.0 Å². The topological polar surface area (TPSA) is 76.1 Å². The molecule has 3 rings (SSSR count). The molecule has 0 aliphatic rings. The van der Waals surface area contributed by atoms with Crippen LogP contribution in [0.1, 0.15) is 5.56 Å². The van der Waals surface area contributed by atoms with Gasteiger partial charge in [-0.25, -0.2) is 17.8 Å². The first-order valence-electron chi connectivity index (χ1n) is 6.97. The Morgan fingerprint density at radius 2 is 1.92 bits per heavy atom. The van der Waals surface area contributed by atoms with E-state index in [-0.39, 0.29) is 22.7 Å². The molecule has 8 heteroatoms. The first-order valence-corrected chi connectivity index (χ1v) is 9.67. The van der Waals surface area contributed by atoms with Crippen molar-refractivity contribution in [2.24, 2.45) is 0 Å². The van der Waals surface area contributed by atoms with E-state index in [9.17, 15) is 17.6 Å². The van der Waals surface area contributed by atoms with E-state index in [0.717, 1.165) is 6.26 Å². The average Bonchev–Trinajstić information content (AvgIpc) is 2.90. The molecule has 0 unspecified atom stereocenters. The largest absolute Gasteiger partial charge is 0.302 e. The van der Waals surface area contributed by atoms with Crippen molar-refractivity contribution in [3.63, 3.8) is 0 Å². The highest BCUT2D eigenvalue weighted by Gasteiger charge is 2.12. The lowest BCUT2D eigenvalue weighted by Gasteiger charge is -2.03. The molecular formula is C16H13FN2O3S2. The normalized spacial score (nSPS) is 11.6. The third-order valence-corrected chi connectivity index (χ3v) is 5.40. The first-order chi connectivity index (χ1) is 11.3. The molecule has 1 heterocycles. The fourth-order valence-corrected chi connectivity index (χ4v) is 3.70. The molecule has 0 fully saturated rings. The van der Waals surface area contributed by atoms with Gasteiger partial charge in [-0.1, -0.05) is 29.5 Å².